The summed E-state index contributed by atoms with van der Waals surface area (Å²) in [6.07, 6.45) is 6.01. The summed E-state index contributed by atoms with van der Waals surface area (Å²) in [5.41, 5.74) is 1.32. The van der Waals surface area contributed by atoms with Gasteiger partial charge in [0.1, 0.15) is 23.0 Å². The number of hydrogen-bond donors (Lipinski definition) is 2. The minimum absolute atomic E-state index is 0.105. The molecule has 3 aromatic heterocycles. The van der Waals surface area contributed by atoms with E-state index in [1.165, 1.54) is 11.3 Å². The van der Waals surface area contributed by atoms with Gasteiger partial charge < -0.3 is 19.2 Å². The van der Waals surface area contributed by atoms with E-state index in [0.29, 0.717) is 34.2 Å². The van der Waals surface area contributed by atoms with Crippen molar-refractivity contribution < 1.29 is 14.3 Å². The third kappa shape index (κ3) is 5.71. The molecule has 0 aliphatic rings. The Hall–Kier alpha value is -2.93. The first-order valence-corrected chi connectivity index (χ1v) is 11.5. The zero-order chi connectivity index (χ0) is 23.2. The number of fused-ring (bicyclic) bond motifs is 1. The van der Waals surface area contributed by atoms with E-state index >= 15 is 0 Å². The zero-order valence-corrected chi connectivity index (χ0v) is 19.2. The summed E-state index contributed by atoms with van der Waals surface area (Å²) in [5, 5.41) is 13.3. The van der Waals surface area contributed by atoms with Crippen molar-refractivity contribution in [1.82, 2.24) is 14.9 Å². The SMILES string of the molecule is C#CCOCC(O)CN(Cc1nc2scc(-c3ccccc3Cl)c2c(=O)[nH]1)Cc1ccco1. The minimum atomic E-state index is -0.766. The molecule has 0 aliphatic heterocycles. The van der Waals surface area contributed by atoms with Crippen molar-refractivity contribution in [2.45, 2.75) is 19.2 Å². The van der Waals surface area contributed by atoms with Crippen LogP contribution in [0.25, 0.3) is 21.3 Å². The molecule has 2 N–H and O–H groups in total. The molecule has 1 aromatic carbocycles. The number of aromatic nitrogens is 2. The van der Waals surface area contributed by atoms with Gasteiger partial charge in [-0.05, 0) is 18.2 Å². The topological polar surface area (TPSA) is 91.6 Å². The number of terminal acetylenes is 1. The van der Waals surface area contributed by atoms with Gasteiger partial charge in [-0.2, -0.15) is 0 Å². The standard InChI is InChI=1S/C24H22ClN3O4S/c1-2-9-31-14-16(29)11-28(12-17-6-5-10-32-17)13-21-26-23(30)22-19(15-33-24(22)27-21)18-7-3-4-8-20(18)25/h1,3-8,10,15-16,29H,9,11-14H2,(H,26,27,30). The maximum atomic E-state index is 13.0. The average Bonchev–Trinajstić information content (AvgIpc) is 3.44. The third-order valence-electron chi connectivity index (χ3n) is 4.95. The number of benzene rings is 1. The van der Waals surface area contributed by atoms with E-state index in [1.807, 2.05) is 34.5 Å². The van der Waals surface area contributed by atoms with E-state index in [-0.39, 0.29) is 25.3 Å². The first-order chi connectivity index (χ1) is 16.0. The van der Waals surface area contributed by atoms with Crippen molar-refractivity contribution in [2.75, 3.05) is 19.8 Å². The number of furan rings is 1. The lowest BCUT2D eigenvalue weighted by Crippen LogP contribution is -2.35. The van der Waals surface area contributed by atoms with Gasteiger partial charge in [0.25, 0.3) is 5.56 Å². The molecule has 1 unspecified atom stereocenters. The number of rotatable bonds is 10. The number of H-pyrrole nitrogens is 1. The van der Waals surface area contributed by atoms with Crippen LogP contribution in [0.1, 0.15) is 11.6 Å². The monoisotopic (exact) mass is 483 g/mol. The molecule has 0 aliphatic carbocycles. The van der Waals surface area contributed by atoms with Gasteiger partial charge in [0, 0.05) is 28.1 Å². The average molecular weight is 484 g/mol. The number of nitrogens with zero attached hydrogens (tertiary/aromatic N) is 2. The van der Waals surface area contributed by atoms with E-state index in [1.54, 1.807) is 18.4 Å². The molecule has 1 atom stereocenters. The summed E-state index contributed by atoms with van der Waals surface area (Å²) >= 11 is 7.73. The van der Waals surface area contributed by atoms with E-state index in [9.17, 15) is 9.90 Å². The van der Waals surface area contributed by atoms with E-state index in [2.05, 4.69) is 15.9 Å². The smallest absolute Gasteiger partial charge is 0.260 e. The fourth-order valence-electron chi connectivity index (χ4n) is 3.57. The maximum absolute atomic E-state index is 13.0. The van der Waals surface area contributed by atoms with Crippen molar-refractivity contribution in [3.63, 3.8) is 0 Å². The Kier molecular flexibility index (Phi) is 7.60. The lowest BCUT2D eigenvalue weighted by atomic mass is 10.1. The second-order valence-electron chi connectivity index (χ2n) is 7.44. The van der Waals surface area contributed by atoms with E-state index < -0.39 is 6.10 Å². The lowest BCUT2D eigenvalue weighted by molar-refractivity contribution is 0.0225. The number of aliphatic hydroxyl groups excluding tert-OH is 1. The molecule has 0 amide bonds. The Morgan fingerprint density at radius 2 is 2.12 bits per heavy atom. The predicted octanol–water partition coefficient (Wildman–Crippen LogP) is 3.91. The summed E-state index contributed by atoms with van der Waals surface area (Å²) in [7, 11) is 0. The molecule has 4 aromatic rings. The van der Waals surface area contributed by atoms with Gasteiger partial charge in [0.15, 0.2) is 0 Å². The largest absolute Gasteiger partial charge is 0.468 e. The molecule has 0 bridgehead atoms. The van der Waals surface area contributed by atoms with Gasteiger partial charge in [-0.25, -0.2) is 4.98 Å². The van der Waals surface area contributed by atoms with E-state index in [0.717, 1.165) is 16.9 Å². The highest BCUT2D eigenvalue weighted by molar-refractivity contribution is 7.17. The molecular formula is C24H22ClN3O4S. The Morgan fingerprint density at radius 3 is 2.88 bits per heavy atom. The van der Waals surface area contributed by atoms with Gasteiger partial charge in [0.05, 0.1) is 37.4 Å². The number of aliphatic hydroxyl groups is 1. The van der Waals surface area contributed by atoms with Gasteiger partial charge in [-0.1, -0.05) is 35.7 Å². The molecule has 33 heavy (non-hydrogen) atoms. The van der Waals surface area contributed by atoms with Crippen molar-refractivity contribution in [3.05, 3.63) is 75.0 Å². The van der Waals surface area contributed by atoms with Crippen LogP contribution in [0, 0.1) is 12.3 Å². The van der Waals surface area contributed by atoms with Crippen LogP contribution in [0.5, 0.6) is 0 Å². The third-order valence-corrected chi connectivity index (χ3v) is 6.16. The van der Waals surface area contributed by atoms with E-state index in [4.69, 9.17) is 27.2 Å². The van der Waals surface area contributed by atoms with Crippen molar-refractivity contribution in [3.8, 4) is 23.5 Å². The molecule has 3 heterocycles. The summed E-state index contributed by atoms with van der Waals surface area (Å²) in [5.74, 6) is 3.59. The fourth-order valence-corrected chi connectivity index (χ4v) is 4.77. The highest BCUT2D eigenvalue weighted by Gasteiger charge is 2.18. The number of ether oxygens (including phenoxy) is 1. The molecule has 7 nitrogen and oxygen atoms in total. The molecule has 0 fully saturated rings. The second-order valence-corrected chi connectivity index (χ2v) is 8.71. The molecule has 9 heteroatoms. The van der Waals surface area contributed by atoms with Crippen LogP contribution >= 0.6 is 22.9 Å². The van der Waals surface area contributed by atoms with Gasteiger partial charge in [0.2, 0.25) is 0 Å². The number of nitrogens with one attached hydrogen (secondary N) is 1. The molecule has 0 spiro atoms. The fraction of sp³-hybridized carbons (Fsp3) is 0.250. The van der Waals surface area contributed by atoms with Crippen LogP contribution in [0.3, 0.4) is 0 Å². The highest BCUT2D eigenvalue weighted by Crippen LogP contribution is 2.34. The second kappa shape index (κ2) is 10.8. The molecular weight excluding hydrogens is 462 g/mol. The molecule has 0 radical (unpaired) electrons. The van der Waals surface area contributed by atoms with Gasteiger partial charge >= 0.3 is 0 Å². The summed E-state index contributed by atoms with van der Waals surface area (Å²) < 4.78 is 10.7. The highest BCUT2D eigenvalue weighted by atomic mass is 35.5. The normalized spacial score (nSPS) is 12.3. The molecule has 0 saturated carbocycles. The van der Waals surface area contributed by atoms with Crippen molar-refractivity contribution >= 4 is 33.2 Å². The Bertz CT molecular complexity index is 1310. The van der Waals surface area contributed by atoms with Crippen LogP contribution in [0.15, 0.2) is 57.3 Å². The van der Waals surface area contributed by atoms with Crippen LogP contribution < -0.4 is 5.56 Å². The van der Waals surface area contributed by atoms with Crippen molar-refractivity contribution in [2.24, 2.45) is 0 Å². The number of aromatic amines is 1. The van der Waals surface area contributed by atoms with Crippen molar-refractivity contribution in [1.29, 1.82) is 0 Å². The number of hydrogen-bond acceptors (Lipinski definition) is 7. The molecule has 4 rings (SSSR count). The Balaban J connectivity index is 1.58. The lowest BCUT2D eigenvalue weighted by Gasteiger charge is -2.23. The van der Waals surface area contributed by atoms with Gasteiger partial charge in [-0.15, -0.1) is 17.8 Å². The first-order valence-electron chi connectivity index (χ1n) is 10.2. The Morgan fingerprint density at radius 1 is 1.27 bits per heavy atom. The summed E-state index contributed by atoms with van der Waals surface area (Å²) in [4.78, 5) is 23.1. The molecule has 170 valence electrons. The Labute approximate surface area is 199 Å². The summed E-state index contributed by atoms with van der Waals surface area (Å²) in [6, 6.07) is 11.1. The quantitative estimate of drug-likeness (QED) is 0.262. The van der Waals surface area contributed by atoms with Gasteiger partial charge in [-0.3, -0.25) is 9.69 Å². The molecule has 0 saturated heterocycles. The summed E-state index contributed by atoms with van der Waals surface area (Å²) in [6.45, 7) is 1.25. The van der Waals surface area contributed by atoms with Crippen LogP contribution in [0.4, 0.5) is 0 Å². The zero-order valence-electron chi connectivity index (χ0n) is 17.7. The van der Waals surface area contributed by atoms with Crippen LogP contribution in [-0.2, 0) is 17.8 Å². The maximum Gasteiger partial charge on any atom is 0.260 e. The predicted molar refractivity (Wildman–Crippen MR) is 129 cm³/mol. The first kappa shape index (κ1) is 23.2. The minimum Gasteiger partial charge on any atom is -0.468 e. The van der Waals surface area contributed by atoms with Crippen LogP contribution in [-0.4, -0.2) is 45.8 Å². The number of thiophene rings is 1. The number of halogens is 1. The van der Waals surface area contributed by atoms with Crippen LogP contribution in [0.2, 0.25) is 5.02 Å².